The molecule has 18 heavy (non-hydrogen) atoms. The summed E-state index contributed by atoms with van der Waals surface area (Å²) in [4.78, 5) is 5.67. The lowest BCUT2D eigenvalue weighted by atomic mass is 10.0. The normalized spacial score (nSPS) is 10.8. The van der Waals surface area contributed by atoms with Crippen molar-refractivity contribution in [3.05, 3.63) is 46.0 Å². The van der Waals surface area contributed by atoms with Crippen molar-refractivity contribution in [3.8, 4) is 0 Å². The van der Waals surface area contributed by atoms with Crippen LogP contribution in [0.5, 0.6) is 0 Å². The molecule has 3 heteroatoms. The maximum atomic E-state index is 5.78. The molecule has 1 aromatic carbocycles. The van der Waals surface area contributed by atoms with Gasteiger partial charge in [-0.05, 0) is 24.0 Å². The van der Waals surface area contributed by atoms with Crippen LogP contribution >= 0.6 is 11.3 Å². The van der Waals surface area contributed by atoms with E-state index in [1.165, 1.54) is 22.4 Å². The molecular weight excluding hydrogens is 240 g/mol. The maximum absolute atomic E-state index is 5.78. The zero-order valence-corrected chi connectivity index (χ0v) is 11.9. The van der Waals surface area contributed by atoms with Crippen molar-refractivity contribution >= 4 is 16.5 Å². The van der Waals surface area contributed by atoms with Crippen LogP contribution in [0.2, 0.25) is 0 Å². The first-order valence-electron chi connectivity index (χ1n) is 6.54. The molecule has 2 nitrogen and oxygen atoms in total. The molecule has 0 fully saturated rings. The van der Waals surface area contributed by atoms with Gasteiger partial charge in [0, 0.05) is 11.3 Å². The summed E-state index contributed by atoms with van der Waals surface area (Å²) in [6.45, 7) is 4.34. The summed E-state index contributed by atoms with van der Waals surface area (Å²) in [7, 11) is 0. The Hall–Kier alpha value is -1.35. The quantitative estimate of drug-likeness (QED) is 0.887. The van der Waals surface area contributed by atoms with E-state index in [-0.39, 0.29) is 0 Å². The summed E-state index contributed by atoms with van der Waals surface area (Å²) in [5, 5.41) is 0.685. The van der Waals surface area contributed by atoms with Gasteiger partial charge in [0.1, 0.15) is 0 Å². The number of nitrogens with zero attached hydrogens (tertiary/aromatic N) is 1. The predicted molar refractivity (Wildman–Crippen MR) is 79.1 cm³/mol. The van der Waals surface area contributed by atoms with Crippen LogP contribution < -0.4 is 5.73 Å². The third-order valence-electron chi connectivity index (χ3n) is 3.06. The number of anilines is 1. The molecule has 0 saturated carbocycles. The van der Waals surface area contributed by atoms with Gasteiger partial charge in [-0.1, -0.05) is 44.5 Å². The zero-order valence-electron chi connectivity index (χ0n) is 11.1. The second-order valence-corrected chi connectivity index (χ2v) is 5.63. The number of hydrogen-bond donors (Lipinski definition) is 1. The van der Waals surface area contributed by atoms with Crippen molar-refractivity contribution in [3.63, 3.8) is 0 Å². The van der Waals surface area contributed by atoms with Crippen LogP contribution in [-0.2, 0) is 19.3 Å². The molecule has 0 aliphatic rings. The van der Waals surface area contributed by atoms with Gasteiger partial charge in [-0.3, -0.25) is 0 Å². The minimum atomic E-state index is 0.685. The van der Waals surface area contributed by atoms with Crippen molar-refractivity contribution < 1.29 is 0 Å². The van der Waals surface area contributed by atoms with Crippen LogP contribution in [0.4, 0.5) is 5.13 Å². The summed E-state index contributed by atoms with van der Waals surface area (Å²) in [5.41, 5.74) is 9.69. The standard InChI is InChI=1S/C15H20N2S/c1-3-5-11-6-8-12(9-7-11)10-14-13(4-2)17-15(16)18-14/h6-9H,3-5,10H2,1-2H3,(H2,16,17). The van der Waals surface area contributed by atoms with E-state index in [0.29, 0.717) is 5.13 Å². The van der Waals surface area contributed by atoms with Gasteiger partial charge in [0.25, 0.3) is 0 Å². The molecule has 0 spiro atoms. The first kappa shape index (κ1) is 13.1. The minimum Gasteiger partial charge on any atom is -0.375 e. The van der Waals surface area contributed by atoms with Crippen molar-refractivity contribution in [1.82, 2.24) is 4.98 Å². The molecule has 0 bridgehead atoms. The Kier molecular flexibility index (Phi) is 4.37. The van der Waals surface area contributed by atoms with Gasteiger partial charge in [0.2, 0.25) is 0 Å². The number of aryl methyl sites for hydroxylation is 2. The van der Waals surface area contributed by atoms with E-state index in [1.54, 1.807) is 11.3 Å². The number of benzene rings is 1. The number of nitrogen functional groups attached to an aromatic ring is 1. The summed E-state index contributed by atoms with van der Waals surface area (Å²) in [5.74, 6) is 0. The number of hydrogen-bond acceptors (Lipinski definition) is 3. The van der Waals surface area contributed by atoms with Crippen LogP contribution in [0, 0.1) is 0 Å². The lowest BCUT2D eigenvalue weighted by molar-refractivity contribution is 0.920. The molecule has 2 N–H and O–H groups in total. The smallest absolute Gasteiger partial charge is 0.180 e. The van der Waals surface area contributed by atoms with E-state index in [4.69, 9.17) is 5.73 Å². The molecule has 0 saturated heterocycles. The number of nitrogens with two attached hydrogens (primary N) is 1. The van der Waals surface area contributed by atoms with E-state index < -0.39 is 0 Å². The monoisotopic (exact) mass is 260 g/mol. The third kappa shape index (κ3) is 3.10. The second-order valence-electron chi connectivity index (χ2n) is 4.52. The fourth-order valence-electron chi connectivity index (χ4n) is 2.12. The molecular formula is C15H20N2S. The topological polar surface area (TPSA) is 38.9 Å². The molecule has 0 atom stereocenters. The fourth-order valence-corrected chi connectivity index (χ4v) is 3.07. The van der Waals surface area contributed by atoms with E-state index in [1.807, 2.05) is 0 Å². The highest BCUT2D eigenvalue weighted by atomic mass is 32.1. The molecule has 2 rings (SSSR count). The number of thiazole rings is 1. The third-order valence-corrected chi connectivity index (χ3v) is 3.98. The number of aromatic nitrogens is 1. The van der Waals surface area contributed by atoms with Crippen molar-refractivity contribution in [2.24, 2.45) is 0 Å². The molecule has 0 amide bonds. The Labute approximate surface area is 113 Å². The summed E-state index contributed by atoms with van der Waals surface area (Å²) < 4.78 is 0. The van der Waals surface area contributed by atoms with E-state index in [9.17, 15) is 0 Å². The van der Waals surface area contributed by atoms with Gasteiger partial charge in [-0.2, -0.15) is 0 Å². The molecule has 1 aromatic heterocycles. The predicted octanol–water partition coefficient (Wildman–Crippen LogP) is 3.83. The zero-order chi connectivity index (χ0) is 13.0. The molecule has 0 radical (unpaired) electrons. The summed E-state index contributed by atoms with van der Waals surface area (Å²) >= 11 is 1.61. The van der Waals surface area contributed by atoms with Gasteiger partial charge >= 0.3 is 0 Å². The molecule has 96 valence electrons. The molecule has 0 unspecified atom stereocenters. The van der Waals surface area contributed by atoms with E-state index in [0.717, 1.165) is 25.0 Å². The van der Waals surface area contributed by atoms with Crippen LogP contribution in [-0.4, -0.2) is 4.98 Å². The van der Waals surface area contributed by atoms with Crippen LogP contribution in [0.15, 0.2) is 24.3 Å². The Morgan fingerprint density at radius 1 is 1.11 bits per heavy atom. The lowest BCUT2D eigenvalue weighted by Gasteiger charge is -2.03. The van der Waals surface area contributed by atoms with E-state index >= 15 is 0 Å². The van der Waals surface area contributed by atoms with Gasteiger partial charge in [0.15, 0.2) is 5.13 Å². The van der Waals surface area contributed by atoms with Gasteiger partial charge < -0.3 is 5.73 Å². The summed E-state index contributed by atoms with van der Waals surface area (Å²) in [6, 6.07) is 8.91. The molecule has 1 heterocycles. The van der Waals surface area contributed by atoms with Gasteiger partial charge in [0.05, 0.1) is 5.69 Å². The minimum absolute atomic E-state index is 0.685. The van der Waals surface area contributed by atoms with Crippen molar-refractivity contribution in [1.29, 1.82) is 0 Å². The highest BCUT2D eigenvalue weighted by molar-refractivity contribution is 7.15. The first-order chi connectivity index (χ1) is 8.72. The molecule has 0 aliphatic carbocycles. The van der Waals surface area contributed by atoms with Crippen LogP contribution in [0.25, 0.3) is 0 Å². The highest BCUT2D eigenvalue weighted by Crippen LogP contribution is 2.24. The van der Waals surface area contributed by atoms with Crippen molar-refractivity contribution in [2.75, 3.05) is 5.73 Å². The average molecular weight is 260 g/mol. The Morgan fingerprint density at radius 2 is 1.78 bits per heavy atom. The Balaban J connectivity index is 2.12. The van der Waals surface area contributed by atoms with Gasteiger partial charge in [-0.25, -0.2) is 4.98 Å². The largest absolute Gasteiger partial charge is 0.375 e. The van der Waals surface area contributed by atoms with E-state index in [2.05, 4.69) is 43.1 Å². The maximum Gasteiger partial charge on any atom is 0.180 e. The van der Waals surface area contributed by atoms with Gasteiger partial charge in [-0.15, -0.1) is 11.3 Å². The summed E-state index contributed by atoms with van der Waals surface area (Å²) in [6.07, 6.45) is 4.26. The molecule has 0 aliphatic heterocycles. The lowest BCUT2D eigenvalue weighted by Crippen LogP contribution is -1.92. The average Bonchev–Trinajstić information content (AvgIpc) is 2.72. The highest BCUT2D eigenvalue weighted by Gasteiger charge is 2.08. The first-order valence-corrected chi connectivity index (χ1v) is 7.36. The number of rotatable bonds is 5. The van der Waals surface area contributed by atoms with Crippen LogP contribution in [0.3, 0.4) is 0 Å². The Bertz CT molecular complexity index is 500. The fraction of sp³-hybridized carbons (Fsp3) is 0.400. The second kappa shape index (κ2) is 6.01. The molecule has 2 aromatic rings. The SMILES string of the molecule is CCCc1ccc(Cc2sc(N)nc2CC)cc1. The Morgan fingerprint density at radius 3 is 2.39 bits per heavy atom. The van der Waals surface area contributed by atoms with Crippen LogP contribution in [0.1, 0.15) is 42.0 Å². The van der Waals surface area contributed by atoms with Crippen molar-refractivity contribution in [2.45, 2.75) is 39.5 Å².